The molecule has 112 valence electrons. The number of nitrogens with one attached hydrogen (secondary N) is 1. The Kier molecular flexibility index (Phi) is 5.47. The van der Waals surface area contributed by atoms with Gasteiger partial charge >= 0.3 is 0 Å². The van der Waals surface area contributed by atoms with E-state index < -0.39 is 0 Å². The summed E-state index contributed by atoms with van der Waals surface area (Å²) in [6.45, 7) is 8.78. The molecule has 1 aromatic rings. The van der Waals surface area contributed by atoms with Gasteiger partial charge in [-0.3, -0.25) is 0 Å². The van der Waals surface area contributed by atoms with E-state index in [0.717, 1.165) is 11.7 Å². The van der Waals surface area contributed by atoms with Gasteiger partial charge in [-0.2, -0.15) is 0 Å². The molecule has 20 heavy (non-hydrogen) atoms. The van der Waals surface area contributed by atoms with Crippen molar-refractivity contribution in [3.8, 4) is 5.75 Å². The maximum atomic E-state index is 5.94. The molecule has 0 aliphatic heterocycles. The lowest BCUT2D eigenvalue weighted by molar-refractivity contribution is 0.235. The third-order valence-corrected chi connectivity index (χ3v) is 4.17. The summed E-state index contributed by atoms with van der Waals surface area (Å²) >= 11 is 0. The first-order chi connectivity index (χ1) is 9.56. The van der Waals surface area contributed by atoms with E-state index in [1.54, 1.807) is 0 Å². The quantitative estimate of drug-likeness (QED) is 0.840. The van der Waals surface area contributed by atoms with Crippen molar-refractivity contribution in [2.45, 2.75) is 71.6 Å². The highest BCUT2D eigenvalue weighted by Gasteiger charge is 2.21. The van der Waals surface area contributed by atoms with Crippen LogP contribution >= 0.6 is 0 Å². The molecule has 0 aromatic heterocycles. The van der Waals surface area contributed by atoms with E-state index in [4.69, 9.17) is 4.74 Å². The smallest absolute Gasteiger partial charge is 0.124 e. The molecule has 2 rings (SSSR count). The first kappa shape index (κ1) is 15.4. The average Bonchev–Trinajstić information content (AvgIpc) is 2.38. The summed E-state index contributed by atoms with van der Waals surface area (Å²) in [6.07, 6.45) is 5.58. The first-order valence-electron chi connectivity index (χ1n) is 8.08. The van der Waals surface area contributed by atoms with Gasteiger partial charge < -0.3 is 10.1 Å². The van der Waals surface area contributed by atoms with E-state index in [1.807, 2.05) is 0 Å². The SMILES string of the molecule is CC1CCCC(NC(C)c2ccccc2OC(C)C)C1. The summed E-state index contributed by atoms with van der Waals surface area (Å²) in [7, 11) is 0. The molecule has 1 fully saturated rings. The van der Waals surface area contributed by atoms with Gasteiger partial charge in [0.2, 0.25) is 0 Å². The van der Waals surface area contributed by atoms with Gasteiger partial charge in [0, 0.05) is 17.6 Å². The molecule has 2 nitrogen and oxygen atoms in total. The Hall–Kier alpha value is -1.02. The lowest BCUT2D eigenvalue weighted by Crippen LogP contribution is -2.35. The number of para-hydroxylation sites is 1. The van der Waals surface area contributed by atoms with Crippen LogP contribution in [-0.2, 0) is 0 Å². The topological polar surface area (TPSA) is 21.3 Å². The van der Waals surface area contributed by atoms with Crippen LogP contribution in [-0.4, -0.2) is 12.1 Å². The molecule has 0 radical (unpaired) electrons. The van der Waals surface area contributed by atoms with Crippen LogP contribution in [0.4, 0.5) is 0 Å². The Morgan fingerprint density at radius 3 is 2.60 bits per heavy atom. The number of rotatable bonds is 5. The number of hydrogen-bond acceptors (Lipinski definition) is 2. The Balaban J connectivity index is 2.02. The van der Waals surface area contributed by atoms with Crippen LogP contribution in [0.3, 0.4) is 0 Å². The Bertz CT molecular complexity index is 416. The maximum absolute atomic E-state index is 5.94. The molecule has 1 aliphatic rings. The standard InChI is InChI=1S/C18H29NO/c1-13(2)20-18-11-6-5-10-17(18)15(4)19-16-9-7-8-14(3)12-16/h5-6,10-11,13-16,19H,7-9,12H2,1-4H3. The van der Waals surface area contributed by atoms with Gasteiger partial charge in [-0.1, -0.05) is 38.0 Å². The summed E-state index contributed by atoms with van der Waals surface area (Å²) in [4.78, 5) is 0. The van der Waals surface area contributed by atoms with Crippen LogP contribution in [0.1, 0.15) is 65.0 Å². The van der Waals surface area contributed by atoms with E-state index in [9.17, 15) is 0 Å². The zero-order chi connectivity index (χ0) is 14.5. The highest BCUT2D eigenvalue weighted by molar-refractivity contribution is 5.35. The fourth-order valence-corrected chi connectivity index (χ4v) is 3.23. The van der Waals surface area contributed by atoms with Gasteiger partial charge in [0.25, 0.3) is 0 Å². The van der Waals surface area contributed by atoms with Crippen LogP contribution in [0, 0.1) is 5.92 Å². The van der Waals surface area contributed by atoms with Crippen molar-refractivity contribution in [1.29, 1.82) is 0 Å². The highest BCUT2D eigenvalue weighted by Crippen LogP contribution is 2.29. The van der Waals surface area contributed by atoms with E-state index in [2.05, 4.69) is 57.3 Å². The third kappa shape index (κ3) is 4.24. The predicted molar refractivity (Wildman–Crippen MR) is 85.2 cm³/mol. The minimum Gasteiger partial charge on any atom is -0.491 e. The summed E-state index contributed by atoms with van der Waals surface area (Å²) in [5.74, 6) is 1.88. The molecule has 0 bridgehead atoms. The molecule has 1 saturated carbocycles. The molecule has 2 heteroatoms. The normalized spacial score (nSPS) is 24.6. The number of hydrogen-bond donors (Lipinski definition) is 1. The lowest BCUT2D eigenvalue weighted by Gasteiger charge is -2.31. The summed E-state index contributed by atoms with van der Waals surface area (Å²) in [5, 5.41) is 3.80. The van der Waals surface area contributed by atoms with E-state index >= 15 is 0 Å². The predicted octanol–water partition coefficient (Wildman–Crippen LogP) is 4.70. The highest BCUT2D eigenvalue weighted by atomic mass is 16.5. The van der Waals surface area contributed by atoms with Crippen molar-refractivity contribution >= 4 is 0 Å². The molecule has 3 atom stereocenters. The second-order valence-electron chi connectivity index (χ2n) is 6.56. The Morgan fingerprint density at radius 1 is 1.15 bits per heavy atom. The molecule has 1 N–H and O–H groups in total. The molecule has 0 heterocycles. The van der Waals surface area contributed by atoms with Crippen LogP contribution in [0.5, 0.6) is 5.75 Å². The van der Waals surface area contributed by atoms with Crippen molar-refractivity contribution in [2.24, 2.45) is 5.92 Å². The van der Waals surface area contributed by atoms with Gasteiger partial charge in [0.15, 0.2) is 0 Å². The van der Waals surface area contributed by atoms with Crippen LogP contribution in [0.2, 0.25) is 0 Å². The molecule has 3 unspecified atom stereocenters. The first-order valence-corrected chi connectivity index (χ1v) is 8.08. The van der Waals surface area contributed by atoms with E-state index in [-0.39, 0.29) is 6.10 Å². The van der Waals surface area contributed by atoms with Crippen molar-refractivity contribution < 1.29 is 4.74 Å². The second-order valence-corrected chi connectivity index (χ2v) is 6.56. The zero-order valence-electron chi connectivity index (χ0n) is 13.4. The van der Waals surface area contributed by atoms with Gasteiger partial charge in [-0.25, -0.2) is 0 Å². The fourth-order valence-electron chi connectivity index (χ4n) is 3.23. The molecular formula is C18H29NO. The Morgan fingerprint density at radius 2 is 1.90 bits per heavy atom. The summed E-state index contributed by atoms with van der Waals surface area (Å²) < 4.78 is 5.94. The molecular weight excluding hydrogens is 246 g/mol. The molecule has 0 saturated heterocycles. The Labute approximate surface area is 123 Å². The van der Waals surface area contributed by atoms with Gasteiger partial charge in [0.05, 0.1) is 6.10 Å². The minimum absolute atomic E-state index is 0.220. The molecule has 0 spiro atoms. The monoisotopic (exact) mass is 275 g/mol. The minimum atomic E-state index is 0.220. The molecule has 1 aromatic carbocycles. The van der Waals surface area contributed by atoms with Crippen molar-refractivity contribution in [3.63, 3.8) is 0 Å². The molecule has 0 amide bonds. The maximum Gasteiger partial charge on any atom is 0.124 e. The van der Waals surface area contributed by atoms with Crippen LogP contribution < -0.4 is 10.1 Å². The summed E-state index contributed by atoms with van der Waals surface area (Å²) in [5.41, 5.74) is 1.28. The van der Waals surface area contributed by atoms with Crippen LogP contribution in [0.25, 0.3) is 0 Å². The average molecular weight is 275 g/mol. The largest absolute Gasteiger partial charge is 0.491 e. The van der Waals surface area contributed by atoms with Crippen molar-refractivity contribution in [2.75, 3.05) is 0 Å². The third-order valence-electron chi connectivity index (χ3n) is 4.17. The fraction of sp³-hybridized carbons (Fsp3) is 0.667. The molecule has 1 aliphatic carbocycles. The number of ether oxygens (including phenoxy) is 1. The van der Waals surface area contributed by atoms with Crippen molar-refractivity contribution in [3.05, 3.63) is 29.8 Å². The second kappa shape index (κ2) is 7.12. The number of benzene rings is 1. The van der Waals surface area contributed by atoms with Crippen molar-refractivity contribution in [1.82, 2.24) is 5.32 Å². The lowest BCUT2D eigenvalue weighted by atomic mass is 9.86. The van der Waals surface area contributed by atoms with Gasteiger partial charge in [0.1, 0.15) is 5.75 Å². The van der Waals surface area contributed by atoms with Crippen LogP contribution in [0.15, 0.2) is 24.3 Å². The zero-order valence-corrected chi connectivity index (χ0v) is 13.4. The van der Waals surface area contributed by atoms with Gasteiger partial charge in [-0.05, 0) is 45.6 Å². The van der Waals surface area contributed by atoms with E-state index in [1.165, 1.54) is 31.2 Å². The summed E-state index contributed by atoms with van der Waals surface area (Å²) in [6, 6.07) is 9.42. The van der Waals surface area contributed by atoms with E-state index in [0.29, 0.717) is 12.1 Å². The van der Waals surface area contributed by atoms with Gasteiger partial charge in [-0.15, -0.1) is 0 Å².